The van der Waals surface area contributed by atoms with Crippen LogP contribution >= 0.6 is 0 Å². The van der Waals surface area contributed by atoms with Crippen molar-refractivity contribution < 1.29 is 0 Å². The molecule has 0 radical (unpaired) electrons. The molecule has 0 fully saturated rings. The van der Waals surface area contributed by atoms with Crippen LogP contribution in [0.3, 0.4) is 0 Å². The average Bonchev–Trinajstić information content (AvgIpc) is 2.62. The second kappa shape index (κ2) is 6.04. The smallest absolute Gasteiger partial charge is 0.162 e. The molecule has 3 aromatic heterocycles. The molecule has 0 aliphatic carbocycles. The van der Waals surface area contributed by atoms with Crippen LogP contribution in [-0.2, 0) is 0 Å². The van der Waals surface area contributed by atoms with Crippen molar-refractivity contribution in [2.24, 2.45) is 0 Å². The van der Waals surface area contributed by atoms with Gasteiger partial charge in [-0.05, 0) is 48.9 Å². The topological polar surface area (TPSA) is 63.6 Å². The molecule has 0 saturated heterocycles. The Bertz CT molecular complexity index is 999. The monoisotopic (exact) mass is 313 g/mol. The standard InChI is InChI=1S/C19H15N5/c1-13-6-11-21-17(12-13)23-19-15-4-2-3-5-16(15)22-18(24-19)14-7-9-20-10-8-14/h2-12H,1H3,(H,21,22,23,24). The van der Waals surface area contributed by atoms with Gasteiger partial charge in [0.05, 0.1) is 5.52 Å². The first-order valence-corrected chi connectivity index (χ1v) is 7.66. The highest BCUT2D eigenvalue weighted by Gasteiger charge is 2.10. The van der Waals surface area contributed by atoms with Gasteiger partial charge in [0.15, 0.2) is 5.82 Å². The highest BCUT2D eigenvalue weighted by atomic mass is 15.1. The number of fused-ring (bicyclic) bond motifs is 1. The number of pyridine rings is 2. The van der Waals surface area contributed by atoms with Crippen molar-refractivity contribution in [3.05, 3.63) is 72.7 Å². The Balaban J connectivity index is 1.86. The maximum atomic E-state index is 4.71. The fourth-order valence-corrected chi connectivity index (χ4v) is 2.53. The molecule has 0 aliphatic rings. The van der Waals surface area contributed by atoms with Crippen LogP contribution in [0.2, 0.25) is 0 Å². The van der Waals surface area contributed by atoms with Gasteiger partial charge in [-0.2, -0.15) is 0 Å². The Morgan fingerprint density at radius 1 is 0.875 bits per heavy atom. The Kier molecular flexibility index (Phi) is 3.59. The molecule has 0 atom stereocenters. The molecule has 0 spiro atoms. The van der Waals surface area contributed by atoms with Crippen LogP contribution in [0.15, 0.2) is 67.1 Å². The van der Waals surface area contributed by atoms with Crippen LogP contribution in [0.1, 0.15) is 5.56 Å². The third-order valence-electron chi connectivity index (χ3n) is 3.70. The number of aromatic nitrogens is 4. The Hall–Kier alpha value is -3.34. The molecule has 3 heterocycles. The number of anilines is 2. The zero-order chi connectivity index (χ0) is 16.4. The van der Waals surface area contributed by atoms with E-state index in [9.17, 15) is 0 Å². The van der Waals surface area contributed by atoms with Gasteiger partial charge in [-0.1, -0.05) is 12.1 Å². The molecule has 0 amide bonds. The van der Waals surface area contributed by atoms with E-state index >= 15 is 0 Å². The number of nitrogens with zero attached hydrogens (tertiary/aromatic N) is 4. The first-order chi connectivity index (χ1) is 11.8. The average molecular weight is 313 g/mol. The number of para-hydroxylation sites is 1. The molecular weight excluding hydrogens is 298 g/mol. The quantitative estimate of drug-likeness (QED) is 0.616. The third-order valence-corrected chi connectivity index (χ3v) is 3.70. The third kappa shape index (κ3) is 2.79. The summed E-state index contributed by atoms with van der Waals surface area (Å²) in [6.07, 6.45) is 5.26. The molecule has 0 saturated carbocycles. The van der Waals surface area contributed by atoms with E-state index in [1.54, 1.807) is 18.6 Å². The number of rotatable bonds is 3. The van der Waals surface area contributed by atoms with E-state index in [0.717, 1.165) is 33.7 Å². The number of nitrogens with one attached hydrogen (secondary N) is 1. The first kappa shape index (κ1) is 14.3. The molecule has 1 N–H and O–H groups in total. The maximum absolute atomic E-state index is 4.71. The lowest BCUT2D eigenvalue weighted by Crippen LogP contribution is -2.00. The predicted octanol–water partition coefficient (Wildman–Crippen LogP) is 4.14. The SMILES string of the molecule is Cc1ccnc(Nc2nc(-c3ccncc3)nc3ccccc23)c1. The van der Waals surface area contributed by atoms with E-state index in [2.05, 4.69) is 20.3 Å². The van der Waals surface area contributed by atoms with E-state index in [1.807, 2.05) is 55.5 Å². The Labute approximate surface area is 139 Å². The van der Waals surface area contributed by atoms with Crippen molar-refractivity contribution in [1.82, 2.24) is 19.9 Å². The number of hydrogen-bond acceptors (Lipinski definition) is 5. The summed E-state index contributed by atoms with van der Waals surface area (Å²) < 4.78 is 0. The largest absolute Gasteiger partial charge is 0.324 e. The van der Waals surface area contributed by atoms with Gasteiger partial charge >= 0.3 is 0 Å². The van der Waals surface area contributed by atoms with Gasteiger partial charge in [0.2, 0.25) is 0 Å². The van der Waals surface area contributed by atoms with Gasteiger partial charge < -0.3 is 5.32 Å². The second-order valence-corrected chi connectivity index (χ2v) is 5.49. The van der Waals surface area contributed by atoms with Crippen LogP contribution in [0.4, 0.5) is 11.6 Å². The molecule has 116 valence electrons. The van der Waals surface area contributed by atoms with Gasteiger partial charge in [0, 0.05) is 29.5 Å². The zero-order valence-corrected chi connectivity index (χ0v) is 13.1. The summed E-state index contributed by atoms with van der Waals surface area (Å²) in [5.74, 6) is 2.16. The molecule has 4 rings (SSSR count). The van der Waals surface area contributed by atoms with Gasteiger partial charge in [-0.25, -0.2) is 15.0 Å². The van der Waals surface area contributed by atoms with Crippen LogP contribution in [0, 0.1) is 6.92 Å². The predicted molar refractivity (Wildman–Crippen MR) is 95.0 cm³/mol. The minimum absolute atomic E-state index is 0.659. The van der Waals surface area contributed by atoms with Crippen molar-refractivity contribution in [1.29, 1.82) is 0 Å². The number of benzene rings is 1. The minimum Gasteiger partial charge on any atom is -0.324 e. The summed E-state index contributed by atoms with van der Waals surface area (Å²) in [6.45, 7) is 2.04. The van der Waals surface area contributed by atoms with Gasteiger partial charge in [-0.15, -0.1) is 0 Å². The Morgan fingerprint density at radius 3 is 2.54 bits per heavy atom. The first-order valence-electron chi connectivity index (χ1n) is 7.66. The highest BCUT2D eigenvalue weighted by molar-refractivity contribution is 5.91. The van der Waals surface area contributed by atoms with Crippen molar-refractivity contribution in [2.75, 3.05) is 5.32 Å². The van der Waals surface area contributed by atoms with Crippen LogP contribution in [0.25, 0.3) is 22.3 Å². The van der Waals surface area contributed by atoms with Gasteiger partial charge in [0.25, 0.3) is 0 Å². The summed E-state index contributed by atoms with van der Waals surface area (Å²) in [7, 11) is 0. The van der Waals surface area contributed by atoms with E-state index in [1.165, 1.54) is 0 Å². The lowest BCUT2D eigenvalue weighted by atomic mass is 10.2. The molecule has 1 aromatic carbocycles. The summed E-state index contributed by atoms with van der Waals surface area (Å²) in [5, 5.41) is 4.28. The summed E-state index contributed by atoms with van der Waals surface area (Å²) in [6, 6.07) is 15.7. The maximum Gasteiger partial charge on any atom is 0.162 e. The van der Waals surface area contributed by atoms with Crippen LogP contribution in [0.5, 0.6) is 0 Å². The van der Waals surface area contributed by atoms with Crippen molar-refractivity contribution >= 4 is 22.5 Å². The molecule has 5 heteroatoms. The van der Waals surface area contributed by atoms with E-state index < -0.39 is 0 Å². The molecule has 5 nitrogen and oxygen atoms in total. The summed E-state index contributed by atoms with van der Waals surface area (Å²) in [5.41, 5.74) is 2.95. The fourth-order valence-electron chi connectivity index (χ4n) is 2.53. The van der Waals surface area contributed by atoms with Crippen LogP contribution < -0.4 is 5.32 Å². The summed E-state index contributed by atoms with van der Waals surface area (Å²) in [4.78, 5) is 17.8. The van der Waals surface area contributed by atoms with E-state index in [0.29, 0.717) is 5.82 Å². The van der Waals surface area contributed by atoms with Crippen molar-refractivity contribution in [3.63, 3.8) is 0 Å². The molecule has 24 heavy (non-hydrogen) atoms. The normalized spacial score (nSPS) is 10.7. The van der Waals surface area contributed by atoms with Crippen molar-refractivity contribution in [3.8, 4) is 11.4 Å². The molecule has 0 bridgehead atoms. The van der Waals surface area contributed by atoms with Gasteiger partial charge in [-0.3, -0.25) is 4.98 Å². The minimum atomic E-state index is 0.659. The fraction of sp³-hybridized carbons (Fsp3) is 0.0526. The van der Waals surface area contributed by atoms with Gasteiger partial charge in [0.1, 0.15) is 11.6 Å². The van der Waals surface area contributed by atoms with E-state index in [-0.39, 0.29) is 0 Å². The summed E-state index contributed by atoms with van der Waals surface area (Å²) >= 11 is 0. The van der Waals surface area contributed by atoms with Crippen LogP contribution in [-0.4, -0.2) is 19.9 Å². The van der Waals surface area contributed by atoms with Crippen molar-refractivity contribution in [2.45, 2.75) is 6.92 Å². The second-order valence-electron chi connectivity index (χ2n) is 5.49. The lowest BCUT2D eigenvalue weighted by molar-refractivity contribution is 1.19. The Morgan fingerprint density at radius 2 is 1.71 bits per heavy atom. The van der Waals surface area contributed by atoms with E-state index in [4.69, 9.17) is 4.98 Å². The molecule has 0 unspecified atom stereocenters. The molecule has 4 aromatic rings. The zero-order valence-electron chi connectivity index (χ0n) is 13.1. The number of aryl methyl sites for hydroxylation is 1. The lowest BCUT2D eigenvalue weighted by Gasteiger charge is -2.10. The molecule has 0 aliphatic heterocycles. The highest BCUT2D eigenvalue weighted by Crippen LogP contribution is 2.26. The number of hydrogen-bond donors (Lipinski definition) is 1. The molecular formula is C19H15N5.